The molecule has 0 aliphatic rings. The summed E-state index contributed by atoms with van der Waals surface area (Å²) >= 11 is 7.50. The van der Waals surface area contributed by atoms with Gasteiger partial charge in [0, 0.05) is 43.0 Å². The van der Waals surface area contributed by atoms with E-state index in [1.165, 1.54) is 17.4 Å². The summed E-state index contributed by atoms with van der Waals surface area (Å²) in [5, 5.41) is 2.18. The van der Waals surface area contributed by atoms with Gasteiger partial charge in [0.25, 0.3) is 11.8 Å². The van der Waals surface area contributed by atoms with Gasteiger partial charge in [-0.05, 0) is 24.3 Å². The number of carbonyl (C=O) groups is 2. The molecule has 2 N–H and O–H groups in total. The number of hydrazine groups is 1. The number of halogens is 1. The van der Waals surface area contributed by atoms with Gasteiger partial charge in [-0.3, -0.25) is 24.8 Å². The number of hydrogen-bond acceptors (Lipinski definition) is 5. The molecule has 0 aliphatic carbocycles. The van der Waals surface area contributed by atoms with E-state index in [4.69, 9.17) is 11.6 Å². The third-order valence-corrected chi connectivity index (χ3v) is 4.61. The van der Waals surface area contributed by atoms with Crippen molar-refractivity contribution in [3.05, 3.63) is 58.3 Å². The Morgan fingerprint density at radius 2 is 2.12 bits per heavy atom. The molecule has 9 heteroatoms. The van der Waals surface area contributed by atoms with Crippen LogP contribution in [-0.2, 0) is 4.79 Å². The fourth-order valence-electron chi connectivity index (χ4n) is 2.24. The first-order valence-corrected chi connectivity index (χ1v) is 8.88. The lowest BCUT2D eigenvalue weighted by Gasteiger charge is -2.13. The number of rotatable bonds is 4. The Kier molecular flexibility index (Phi) is 5.24. The average Bonchev–Trinajstić information content (AvgIpc) is 3.18. The van der Waals surface area contributed by atoms with E-state index in [9.17, 15) is 9.59 Å². The van der Waals surface area contributed by atoms with Crippen LogP contribution in [0.3, 0.4) is 0 Å². The lowest BCUT2D eigenvalue weighted by Crippen LogP contribution is -2.40. The van der Waals surface area contributed by atoms with E-state index < -0.39 is 11.8 Å². The fraction of sp³-hybridized carbons (Fsp3) is 0.118. The molecule has 3 aromatic rings. The molecule has 2 heterocycles. The summed E-state index contributed by atoms with van der Waals surface area (Å²) in [6.45, 7) is 0. The number of nitrogens with zero attached hydrogens (tertiary/aromatic N) is 3. The monoisotopic (exact) mass is 389 g/mol. The largest absolute Gasteiger partial charge is 0.378 e. The van der Waals surface area contributed by atoms with Crippen molar-refractivity contribution in [2.75, 3.05) is 19.0 Å². The maximum absolute atomic E-state index is 12.1. The SMILES string of the molecule is CN(C)c1cccc(C(=O)NNC(=O)/C=C/c2c(Cl)nc3sccn23)c1. The lowest BCUT2D eigenvalue weighted by molar-refractivity contribution is -0.117. The summed E-state index contributed by atoms with van der Waals surface area (Å²) in [4.78, 5) is 30.9. The Morgan fingerprint density at radius 1 is 1.31 bits per heavy atom. The van der Waals surface area contributed by atoms with Crippen molar-refractivity contribution >= 4 is 51.5 Å². The first-order valence-electron chi connectivity index (χ1n) is 7.62. The number of nitrogens with one attached hydrogen (secondary N) is 2. The van der Waals surface area contributed by atoms with Gasteiger partial charge in [-0.2, -0.15) is 0 Å². The molecule has 1 aromatic carbocycles. The molecule has 0 spiro atoms. The Morgan fingerprint density at radius 3 is 2.88 bits per heavy atom. The number of thiazole rings is 1. The molecule has 0 saturated carbocycles. The van der Waals surface area contributed by atoms with E-state index in [-0.39, 0.29) is 0 Å². The van der Waals surface area contributed by atoms with Crippen LogP contribution < -0.4 is 15.8 Å². The second-order valence-electron chi connectivity index (χ2n) is 5.56. The van der Waals surface area contributed by atoms with Gasteiger partial charge in [0.15, 0.2) is 10.1 Å². The molecule has 0 bridgehead atoms. The Balaban J connectivity index is 1.62. The highest BCUT2D eigenvalue weighted by atomic mass is 35.5. The van der Waals surface area contributed by atoms with E-state index >= 15 is 0 Å². The van der Waals surface area contributed by atoms with Crippen molar-refractivity contribution < 1.29 is 9.59 Å². The third kappa shape index (κ3) is 3.87. The van der Waals surface area contributed by atoms with Crippen LogP contribution in [0.1, 0.15) is 16.1 Å². The normalized spacial score (nSPS) is 11.0. The molecule has 0 radical (unpaired) electrons. The molecule has 2 amide bonds. The van der Waals surface area contributed by atoms with E-state index in [2.05, 4.69) is 15.8 Å². The molecule has 0 saturated heterocycles. The van der Waals surface area contributed by atoms with Crippen molar-refractivity contribution in [2.24, 2.45) is 0 Å². The highest BCUT2D eigenvalue weighted by Crippen LogP contribution is 2.22. The maximum atomic E-state index is 12.1. The van der Waals surface area contributed by atoms with E-state index in [0.29, 0.717) is 16.4 Å². The number of amides is 2. The van der Waals surface area contributed by atoms with Crippen LogP contribution in [0, 0.1) is 0 Å². The average molecular weight is 390 g/mol. The molecular weight excluding hydrogens is 374 g/mol. The maximum Gasteiger partial charge on any atom is 0.269 e. The summed E-state index contributed by atoms with van der Waals surface area (Å²) in [5.74, 6) is -0.888. The van der Waals surface area contributed by atoms with Gasteiger partial charge in [0.1, 0.15) is 0 Å². The molecule has 2 aromatic heterocycles. The smallest absolute Gasteiger partial charge is 0.269 e. The van der Waals surface area contributed by atoms with Gasteiger partial charge in [-0.15, -0.1) is 11.3 Å². The molecule has 0 aliphatic heterocycles. The molecule has 0 atom stereocenters. The minimum Gasteiger partial charge on any atom is -0.378 e. The van der Waals surface area contributed by atoms with Gasteiger partial charge in [0.05, 0.1) is 5.69 Å². The quantitative estimate of drug-likeness (QED) is 0.531. The van der Waals surface area contributed by atoms with Gasteiger partial charge in [-0.25, -0.2) is 4.98 Å². The second-order valence-corrected chi connectivity index (χ2v) is 6.80. The molecule has 26 heavy (non-hydrogen) atoms. The topological polar surface area (TPSA) is 78.7 Å². The van der Waals surface area contributed by atoms with Gasteiger partial charge >= 0.3 is 0 Å². The van der Waals surface area contributed by atoms with E-state index in [1.54, 1.807) is 28.7 Å². The number of benzene rings is 1. The number of carbonyl (C=O) groups excluding carboxylic acids is 2. The van der Waals surface area contributed by atoms with Crippen LogP contribution in [0.25, 0.3) is 11.0 Å². The van der Waals surface area contributed by atoms with Crippen molar-refractivity contribution in [3.63, 3.8) is 0 Å². The molecule has 0 fully saturated rings. The standard InChI is InChI=1S/C17H16ClN5O2S/c1-22(2)12-5-3-4-11(10-12)16(25)21-20-14(24)7-6-13-15(18)19-17-23(13)8-9-26-17/h3-10H,1-2H3,(H,20,24)(H,21,25)/b7-6+. The Hall–Kier alpha value is -2.84. The summed E-state index contributed by atoms with van der Waals surface area (Å²) in [7, 11) is 3.77. The summed E-state index contributed by atoms with van der Waals surface area (Å²) < 4.78 is 1.78. The molecule has 0 unspecified atom stereocenters. The van der Waals surface area contributed by atoms with Crippen LogP contribution in [0.4, 0.5) is 5.69 Å². The van der Waals surface area contributed by atoms with Crippen LogP contribution in [-0.4, -0.2) is 35.3 Å². The second kappa shape index (κ2) is 7.59. The van der Waals surface area contributed by atoms with Crippen molar-refractivity contribution in [1.82, 2.24) is 20.2 Å². The molecule has 7 nitrogen and oxygen atoms in total. The zero-order chi connectivity index (χ0) is 18.7. The first-order chi connectivity index (χ1) is 12.5. The van der Waals surface area contributed by atoms with Crippen molar-refractivity contribution in [2.45, 2.75) is 0 Å². The first kappa shape index (κ1) is 18.0. The zero-order valence-electron chi connectivity index (χ0n) is 14.1. The summed E-state index contributed by atoms with van der Waals surface area (Å²) in [6, 6.07) is 7.07. The van der Waals surface area contributed by atoms with Crippen LogP contribution in [0.5, 0.6) is 0 Å². The minimum absolute atomic E-state index is 0.311. The highest BCUT2D eigenvalue weighted by Gasteiger charge is 2.10. The predicted octanol–water partition coefficient (Wildman–Crippen LogP) is 2.59. The number of imidazole rings is 1. The minimum atomic E-state index is -0.483. The number of anilines is 1. The predicted molar refractivity (Wildman–Crippen MR) is 103 cm³/mol. The van der Waals surface area contributed by atoms with E-state index in [0.717, 1.165) is 10.6 Å². The number of fused-ring (bicyclic) bond motifs is 1. The molecule has 134 valence electrons. The van der Waals surface area contributed by atoms with Gasteiger partial charge in [-0.1, -0.05) is 17.7 Å². The van der Waals surface area contributed by atoms with Crippen LogP contribution in [0.2, 0.25) is 5.15 Å². The number of aromatic nitrogens is 2. The highest BCUT2D eigenvalue weighted by molar-refractivity contribution is 7.15. The van der Waals surface area contributed by atoms with Crippen LogP contribution in [0.15, 0.2) is 41.9 Å². The van der Waals surface area contributed by atoms with E-state index in [1.807, 2.05) is 36.6 Å². The van der Waals surface area contributed by atoms with Crippen molar-refractivity contribution in [1.29, 1.82) is 0 Å². The van der Waals surface area contributed by atoms with Crippen molar-refractivity contribution in [3.8, 4) is 0 Å². The summed E-state index contributed by atoms with van der Waals surface area (Å²) in [5.41, 5.74) is 6.66. The van der Waals surface area contributed by atoms with Crippen LogP contribution >= 0.6 is 22.9 Å². The van der Waals surface area contributed by atoms with Gasteiger partial charge < -0.3 is 4.90 Å². The molecular formula is C17H16ClN5O2S. The lowest BCUT2D eigenvalue weighted by atomic mass is 10.2. The fourth-order valence-corrected chi connectivity index (χ4v) is 3.24. The molecule has 3 rings (SSSR count). The number of hydrogen-bond donors (Lipinski definition) is 2. The summed E-state index contributed by atoms with van der Waals surface area (Å²) in [6.07, 6.45) is 4.64. The Labute approximate surface area is 158 Å². The zero-order valence-corrected chi connectivity index (χ0v) is 15.6. The van der Waals surface area contributed by atoms with Gasteiger partial charge in [0.2, 0.25) is 0 Å². The Bertz CT molecular complexity index is 992. The third-order valence-electron chi connectivity index (χ3n) is 3.57.